The summed E-state index contributed by atoms with van der Waals surface area (Å²) in [7, 11) is 0. The molecule has 0 unspecified atom stereocenters. The van der Waals surface area contributed by atoms with Crippen LogP contribution in [0.1, 0.15) is 23.2 Å². The maximum atomic E-state index is 12.3. The number of aromatic nitrogens is 2. The Morgan fingerprint density at radius 1 is 1.16 bits per heavy atom. The zero-order valence-corrected chi connectivity index (χ0v) is 16.6. The summed E-state index contributed by atoms with van der Waals surface area (Å²) in [5.41, 5.74) is 6.87. The van der Waals surface area contributed by atoms with Gasteiger partial charge in [0, 0.05) is 23.9 Å². The number of nitrogens with zero attached hydrogens (tertiary/aromatic N) is 1. The van der Waals surface area contributed by atoms with Gasteiger partial charge < -0.3 is 37.2 Å². The molecule has 1 aliphatic rings. The number of rotatable bonds is 9. The molecule has 168 valence electrons. The number of nitrogen functional groups attached to an aromatic ring is 1. The van der Waals surface area contributed by atoms with Crippen LogP contribution in [0.2, 0.25) is 0 Å². The average molecular weight is 443 g/mol. The number of hydrogen-bond donors (Lipinski definition) is 8. The second kappa shape index (κ2) is 9.51. The number of carbonyl (C=O) groups excluding carboxylic acids is 1. The summed E-state index contributed by atoms with van der Waals surface area (Å²) in [6.07, 6.45) is 1.03. The van der Waals surface area contributed by atoms with Crippen LogP contribution in [0.5, 0.6) is 0 Å². The second-order valence-electron chi connectivity index (χ2n) is 6.84. The molecule has 0 saturated heterocycles. The normalized spacial score (nSPS) is 12.9. The number of carbonyl (C=O) groups is 3. The molecule has 1 amide bonds. The maximum Gasteiger partial charge on any atom is 0.326 e. The summed E-state index contributed by atoms with van der Waals surface area (Å²) in [5, 5.41) is 29.1. The van der Waals surface area contributed by atoms with Crippen molar-refractivity contribution < 1.29 is 24.6 Å². The fourth-order valence-corrected chi connectivity index (χ4v) is 2.86. The number of hydrogen-bond acceptors (Lipinski definition) is 9. The number of aliphatic carboxylic acids is 2. The molecular formula is C19H21N7O6. The quantitative estimate of drug-likeness (QED) is 0.262. The Morgan fingerprint density at radius 2 is 1.88 bits per heavy atom. The van der Waals surface area contributed by atoms with Crippen molar-refractivity contribution in [2.24, 2.45) is 0 Å². The van der Waals surface area contributed by atoms with E-state index < -0.39 is 29.4 Å². The molecule has 13 heteroatoms. The van der Waals surface area contributed by atoms with Gasteiger partial charge in [0.25, 0.3) is 11.5 Å². The van der Waals surface area contributed by atoms with Crippen molar-refractivity contribution in [1.82, 2.24) is 15.3 Å². The molecule has 1 aliphatic heterocycles. The number of amides is 1. The molecule has 9 N–H and O–H groups in total. The number of aromatic amines is 1. The molecule has 0 fully saturated rings. The standard InChI is InChI=1S/C19H21N7O6/c20-19-25-15-14(17(30)26-19)23-11(8-22-15)7-21-10-3-1-9(2-4-10)16(29)24-12(18(31)32)5-6-13(27)28/h1-4,8,12,21,23H,5-7H2,(H,24,29)(H,27,28)(H,31,32)(H4,20,22,25,26,30)/t12-/m1/s1. The van der Waals surface area contributed by atoms with Crippen LogP contribution in [0.25, 0.3) is 0 Å². The zero-order chi connectivity index (χ0) is 23.3. The Labute approximate surface area is 180 Å². The predicted octanol–water partition coefficient (Wildman–Crippen LogP) is 0.191. The molecule has 2 aromatic rings. The third kappa shape index (κ3) is 5.53. The van der Waals surface area contributed by atoms with Gasteiger partial charge in [-0.3, -0.25) is 19.4 Å². The lowest BCUT2D eigenvalue weighted by molar-refractivity contribution is -0.140. The number of benzene rings is 1. The van der Waals surface area contributed by atoms with Crippen LogP contribution >= 0.6 is 0 Å². The summed E-state index contributed by atoms with van der Waals surface area (Å²) in [6.45, 7) is 0.318. The SMILES string of the molecule is Nc1nc2c(c(=O)[nH]1)NC(CNc1ccc(C(=O)N[C@H](CCC(=O)O)C(=O)O)cc1)=CN2. The first-order valence-electron chi connectivity index (χ1n) is 9.44. The van der Waals surface area contributed by atoms with E-state index in [4.69, 9.17) is 15.9 Å². The lowest BCUT2D eigenvalue weighted by Gasteiger charge is -2.19. The topological polar surface area (TPSA) is 212 Å². The molecule has 1 aromatic heterocycles. The second-order valence-corrected chi connectivity index (χ2v) is 6.84. The van der Waals surface area contributed by atoms with Crippen molar-refractivity contribution in [2.75, 3.05) is 28.2 Å². The van der Waals surface area contributed by atoms with E-state index in [1.807, 2.05) is 0 Å². The fourth-order valence-electron chi connectivity index (χ4n) is 2.86. The predicted molar refractivity (Wildman–Crippen MR) is 115 cm³/mol. The van der Waals surface area contributed by atoms with Crippen molar-refractivity contribution in [3.05, 3.63) is 52.1 Å². The minimum Gasteiger partial charge on any atom is -0.481 e. The van der Waals surface area contributed by atoms with Gasteiger partial charge in [-0.15, -0.1) is 0 Å². The number of nitrogens with two attached hydrogens (primary N) is 1. The number of anilines is 4. The Balaban J connectivity index is 1.56. The van der Waals surface area contributed by atoms with Crippen LogP contribution in [0.15, 0.2) is 41.0 Å². The number of fused-ring (bicyclic) bond motifs is 1. The van der Waals surface area contributed by atoms with Gasteiger partial charge in [-0.05, 0) is 30.7 Å². The lowest BCUT2D eigenvalue weighted by Crippen LogP contribution is -2.41. The zero-order valence-electron chi connectivity index (χ0n) is 16.6. The highest BCUT2D eigenvalue weighted by molar-refractivity contribution is 5.97. The highest BCUT2D eigenvalue weighted by Crippen LogP contribution is 2.21. The Kier molecular flexibility index (Phi) is 6.58. The third-order valence-electron chi connectivity index (χ3n) is 4.49. The monoisotopic (exact) mass is 443 g/mol. The van der Waals surface area contributed by atoms with E-state index in [0.717, 1.165) is 0 Å². The van der Waals surface area contributed by atoms with Crippen LogP contribution in [0, 0.1) is 0 Å². The van der Waals surface area contributed by atoms with Crippen molar-refractivity contribution >= 4 is 41.0 Å². The smallest absolute Gasteiger partial charge is 0.326 e. The van der Waals surface area contributed by atoms with Gasteiger partial charge in [0.2, 0.25) is 5.95 Å². The first-order valence-corrected chi connectivity index (χ1v) is 9.44. The molecule has 13 nitrogen and oxygen atoms in total. The van der Waals surface area contributed by atoms with Crippen LogP contribution in [-0.2, 0) is 9.59 Å². The molecule has 32 heavy (non-hydrogen) atoms. The lowest BCUT2D eigenvalue weighted by atomic mass is 10.1. The number of H-pyrrole nitrogens is 1. The van der Waals surface area contributed by atoms with E-state index >= 15 is 0 Å². The van der Waals surface area contributed by atoms with Gasteiger partial charge in [0.05, 0.1) is 12.2 Å². The molecule has 0 aliphatic carbocycles. The molecular weight excluding hydrogens is 422 g/mol. The van der Waals surface area contributed by atoms with Gasteiger partial charge in [0.1, 0.15) is 11.7 Å². The molecule has 0 spiro atoms. The number of carboxylic acid groups (broad SMARTS) is 2. The summed E-state index contributed by atoms with van der Waals surface area (Å²) in [4.78, 5) is 52.5. The minimum atomic E-state index is -1.31. The Morgan fingerprint density at radius 3 is 2.53 bits per heavy atom. The van der Waals surface area contributed by atoms with Crippen LogP contribution in [0.4, 0.5) is 23.1 Å². The molecule has 0 saturated carbocycles. The van der Waals surface area contributed by atoms with E-state index in [2.05, 4.69) is 31.2 Å². The average Bonchev–Trinajstić information content (AvgIpc) is 2.75. The van der Waals surface area contributed by atoms with Crippen LogP contribution in [-0.4, -0.2) is 50.6 Å². The highest BCUT2D eigenvalue weighted by Gasteiger charge is 2.21. The van der Waals surface area contributed by atoms with Gasteiger partial charge in [-0.25, -0.2) is 4.79 Å². The molecule has 3 rings (SSSR count). The first kappa shape index (κ1) is 22.1. The third-order valence-corrected chi connectivity index (χ3v) is 4.49. The van der Waals surface area contributed by atoms with Crippen molar-refractivity contribution in [3.63, 3.8) is 0 Å². The van der Waals surface area contributed by atoms with Crippen molar-refractivity contribution in [1.29, 1.82) is 0 Å². The minimum absolute atomic E-state index is 0.00119. The summed E-state index contributed by atoms with van der Waals surface area (Å²) < 4.78 is 0. The van der Waals surface area contributed by atoms with E-state index in [-0.39, 0.29) is 30.0 Å². The van der Waals surface area contributed by atoms with Gasteiger partial charge in [0.15, 0.2) is 5.82 Å². The first-order chi connectivity index (χ1) is 15.2. The maximum absolute atomic E-state index is 12.3. The van der Waals surface area contributed by atoms with Crippen LogP contribution < -0.4 is 32.6 Å². The number of carboxylic acids is 2. The molecule has 2 heterocycles. The highest BCUT2D eigenvalue weighted by atomic mass is 16.4. The summed E-state index contributed by atoms with van der Waals surface area (Å²) in [6, 6.07) is 4.95. The van der Waals surface area contributed by atoms with E-state index in [9.17, 15) is 19.2 Å². The summed E-state index contributed by atoms with van der Waals surface area (Å²) in [5.74, 6) is -2.77. The molecule has 1 aromatic carbocycles. The summed E-state index contributed by atoms with van der Waals surface area (Å²) >= 11 is 0. The molecule has 1 atom stereocenters. The van der Waals surface area contributed by atoms with E-state index in [0.29, 0.717) is 23.7 Å². The van der Waals surface area contributed by atoms with Gasteiger partial charge in [-0.1, -0.05) is 0 Å². The van der Waals surface area contributed by atoms with E-state index in [1.165, 1.54) is 12.1 Å². The van der Waals surface area contributed by atoms with Crippen LogP contribution in [0.3, 0.4) is 0 Å². The molecule has 0 radical (unpaired) electrons. The fraction of sp³-hybridized carbons (Fsp3) is 0.211. The van der Waals surface area contributed by atoms with Crippen molar-refractivity contribution in [2.45, 2.75) is 18.9 Å². The molecule has 0 bridgehead atoms. The Bertz CT molecular complexity index is 1130. The van der Waals surface area contributed by atoms with Gasteiger partial charge in [-0.2, -0.15) is 4.98 Å². The Hall–Kier alpha value is -4.55. The van der Waals surface area contributed by atoms with E-state index in [1.54, 1.807) is 18.3 Å². The van der Waals surface area contributed by atoms with Crippen molar-refractivity contribution in [3.8, 4) is 0 Å². The number of nitrogens with one attached hydrogen (secondary N) is 5. The van der Waals surface area contributed by atoms with Gasteiger partial charge >= 0.3 is 11.9 Å². The largest absolute Gasteiger partial charge is 0.481 e.